The SMILES string of the molecule is CC12CCC(C1)C(C)(C)C2NCc1ccccc1Cl. The van der Waals surface area contributed by atoms with Crippen molar-refractivity contribution in [3.63, 3.8) is 0 Å². The third-order valence-corrected chi connectivity index (χ3v) is 6.09. The first-order chi connectivity index (χ1) is 8.93. The highest BCUT2D eigenvalue weighted by Gasteiger charge is 2.58. The molecule has 2 aliphatic carbocycles. The van der Waals surface area contributed by atoms with Crippen LogP contribution in [0.1, 0.15) is 45.6 Å². The van der Waals surface area contributed by atoms with E-state index in [2.05, 4.69) is 38.2 Å². The van der Waals surface area contributed by atoms with Crippen LogP contribution in [0.2, 0.25) is 5.02 Å². The molecule has 104 valence electrons. The van der Waals surface area contributed by atoms with Crippen molar-refractivity contribution in [2.24, 2.45) is 16.7 Å². The van der Waals surface area contributed by atoms with Gasteiger partial charge < -0.3 is 5.32 Å². The molecule has 2 aliphatic rings. The van der Waals surface area contributed by atoms with Crippen LogP contribution in [-0.2, 0) is 6.54 Å². The number of fused-ring (bicyclic) bond motifs is 2. The quantitative estimate of drug-likeness (QED) is 0.848. The molecule has 2 fully saturated rings. The smallest absolute Gasteiger partial charge is 0.0450 e. The molecule has 0 radical (unpaired) electrons. The summed E-state index contributed by atoms with van der Waals surface area (Å²) in [5.41, 5.74) is 2.11. The second kappa shape index (κ2) is 4.49. The highest BCUT2D eigenvalue weighted by molar-refractivity contribution is 6.31. The van der Waals surface area contributed by atoms with Crippen LogP contribution < -0.4 is 5.32 Å². The topological polar surface area (TPSA) is 12.0 Å². The largest absolute Gasteiger partial charge is 0.309 e. The van der Waals surface area contributed by atoms with Gasteiger partial charge >= 0.3 is 0 Å². The summed E-state index contributed by atoms with van der Waals surface area (Å²) in [5.74, 6) is 0.890. The molecule has 3 atom stereocenters. The summed E-state index contributed by atoms with van der Waals surface area (Å²) in [6.45, 7) is 8.22. The maximum atomic E-state index is 6.25. The molecular formula is C17H24ClN. The molecule has 2 saturated carbocycles. The van der Waals surface area contributed by atoms with Crippen molar-refractivity contribution in [3.8, 4) is 0 Å². The minimum absolute atomic E-state index is 0.411. The van der Waals surface area contributed by atoms with Crippen molar-refractivity contribution in [2.75, 3.05) is 0 Å². The summed E-state index contributed by atoms with van der Waals surface area (Å²) in [7, 11) is 0. The Labute approximate surface area is 121 Å². The van der Waals surface area contributed by atoms with Gasteiger partial charge in [-0.2, -0.15) is 0 Å². The summed E-state index contributed by atoms with van der Waals surface area (Å²) in [4.78, 5) is 0. The summed E-state index contributed by atoms with van der Waals surface area (Å²) in [6.07, 6.45) is 4.18. The Kier molecular flexibility index (Phi) is 3.18. The van der Waals surface area contributed by atoms with E-state index in [1.807, 2.05) is 12.1 Å². The van der Waals surface area contributed by atoms with Crippen LogP contribution in [0.25, 0.3) is 0 Å². The summed E-state index contributed by atoms with van der Waals surface area (Å²) >= 11 is 6.25. The molecule has 3 unspecified atom stereocenters. The van der Waals surface area contributed by atoms with Crippen molar-refractivity contribution in [1.29, 1.82) is 0 Å². The van der Waals surface area contributed by atoms with Crippen LogP contribution in [-0.4, -0.2) is 6.04 Å². The minimum atomic E-state index is 0.411. The van der Waals surface area contributed by atoms with Gasteiger partial charge in [-0.05, 0) is 47.6 Å². The molecule has 19 heavy (non-hydrogen) atoms. The van der Waals surface area contributed by atoms with Gasteiger partial charge in [0.25, 0.3) is 0 Å². The molecule has 0 saturated heterocycles. The lowest BCUT2D eigenvalue weighted by Crippen LogP contribution is -2.49. The predicted molar refractivity (Wildman–Crippen MR) is 81.3 cm³/mol. The number of benzene rings is 1. The van der Waals surface area contributed by atoms with Gasteiger partial charge in [-0.3, -0.25) is 0 Å². The van der Waals surface area contributed by atoms with Crippen LogP contribution in [0.3, 0.4) is 0 Å². The fourth-order valence-corrected chi connectivity index (χ4v) is 4.87. The van der Waals surface area contributed by atoms with Gasteiger partial charge in [-0.1, -0.05) is 50.6 Å². The zero-order valence-electron chi connectivity index (χ0n) is 12.2. The first kappa shape index (κ1) is 13.5. The molecule has 0 amide bonds. The average Bonchev–Trinajstić information content (AvgIpc) is 2.82. The summed E-state index contributed by atoms with van der Waals surface area (Å²) < 4.78 is 0. The van der Waals surface area contributed by atoms with Crippen LogP contribution in [0.15, 0.2) is 24.3 Å². The maximum absolute atomic E-state index is 6.25. The third kappa shape index (κ3) is 2.11. The van der Waals surface area contributed by atoms with Gasteiger partial charge in [0.15, 0.2) is 0 Å². The van der Waals surface area contributed by atoms with E-state index in [-0.39, 0.29) is 0 Å². The lowest BCUT2D eigenvalue weighted by Gasteiger charge is -2.43. The van der Waals surface area contributed by atoms with E-state index in [1.54, 1.807) is 0 Å². The Morgan fingerprint density at radius 3 is 2.63 bits per heavy atom. The fourth-order valence-electron chi connectivity index (χ4n) is 4.67. The third-order valence-electron chi connectivity index (χ3n) is 5.72. The Hall–Kier alpha value is -0.530. The van der Waals surface area contributed by atoms with Crippen molar-refractivity contribution < 1.29 is 0 Å². The lowest BCUT2D eigenvalue weighted by atomic mass is 9.68. The molecule has 0 spiro atoms. The molecule has 0 aliphatic heterocycles. The van der Waals surface area contributed by atoms with Gasteiger partial charge in [-0.15, -0.1) is 0 Å². The molecule has 0 heterocycles. The normalized spacial score (nSPS) is 35.8. The van der Waals surface area contributed by atoms with Crippen molar-refractivity contribution in [3.05, 3.63) is 34.9 Å². The van der Waals surface area contributed by atoms with Gasteiger partial charge in [-0.25, -0.2) is 0 Å². The molecule has 2 heteroatoms. The van der Waals surface area contributed by atoms with Crippen LogP contribution in [0, 0.1) is 16.7 Å². The molecular weight excluding hydrogens is 254 g/mol. The van der Waals surface area contributed by atoms with Gasteiger partial charge in [0.1, 0.15) is 0 Å². The Balaban J connectivity index is 1.75. The number of rotatable bonds is 3. The average molecular weight is 278 g/mol. The van der Waals surface area contributed by atoms with Gasteiger partial charge in [0, 0.05) is 17.6 Å². The molecule has 0 aromatic heterocycles. The number of hydrogen-bond donors (Lipinski definition) is 1. The number of halogens is 1. The standard InChI is InChI=1S/C17H24ClN/c1-16(2)13-8-9-17(3,10-13)15(16)19-11-12-6-4-5-7-14(12)18/h4-7,13,15,19H,8-11H2,1-3H3. The van der Waals surface area contributed by atoms with E-state index in [1.165, 1.54) is 24.8 Å². The van der Waals surface area contributed by atoms with E-state index in [0.717, 1.165) is 17.5 Å². The highest BCUT2D eigenvalue weighted by atomic mass is 35.5. The van der Waals surface area contributed by atoms with E-state index < -0.39 is 0 Å². The molecule has 1 aromatic rings. The summed E-state index contributed by atoms with van der Waals surface area (Å²) in [6, 6.07) is 8.77. The summed E-state index contributed by atoms with van der Waals surface area (Å²) in [5, 5.41) is 4.69. The van der Waals surface area contributed by atoms with E-state index in [9.17, 15) is 0 Å². The predicted octanol–water partition coefficient (Wildman–Crippen LogP) is 4.64. The van der Waals surface area contributed by atoms with Crippen molar-refractivity contribution in [2.45, 2.75) is 52.6 Å². The molecule has 2 bridgehead atoms. The van der Waals surface area contributed by atoms with Gasteiger partial charge in [0.05, 0.1) is 0 Å². The highest BCUT2D eigenvalue weighted by Crippen LogP contribution is 2.62. The molecule has 1 N–H and O–H groups in total. The first-order valence-electron chi connectivity index (χ1n) is 7.40. The zero-order valence-corrected chi connectivity index (χ0v) is 12.9. The van der Waals surface area contributed by atoms with E-state index in [0.29, 0.717) is 16.9 Å². The second-order valence-electron chi connectivity index (χ2n) is 7.32. The maximum Gasteiger partial charge on any atom is 0.0450 e. The van der Waals surface area contributed by atoms with Crippen molar-refractivity contribution >= 4 is 11.6 Å². The number of nitrogens with one attached hydrogen (secondary N) is 1. The molecule has 1 aromatic carbocycles. The molecule has 1 nitrogen and oxygen atoms in total. The van der Waals surface area contributed by atoms with E-state index >= 15 is 0 Å². The Morgan fingerprint density at radius 1 is 1.26 bits per heavy atom. The van der Waals surface area contributed by atoms with Crippen molar-refractivity contribution in [1.82, 2.24) is 5.32 Å². The second-order valence-corrected chi connectivity index (χ2v) is 7.73. The molecule has 3 rings (SSSR count). The van der Waals surface area contributed by atoms with Gasteiger partial charge in [0.2, 0.25) is 0 Å². The minimum Gasteiger partial charge on any atom is -0.309 e. The zero-order chi connectivity index (χ0) is 13.7. The van der Waals surface area contributed by atoms with Crippen LogP contribution in [0.4, 0.5) is 0 Å². The van der Waals surface area contributed by atoms with Crippen LogP contribution in [0.5, 0.6) is 0 Å². The number of hydrogen-bond acceptors (Lipinski definition) is 1. The first-order valence-corrected chi connectivity index (χ1v) is 7.78. The monoisotopic (exact) mass is 277 g/mol. The Morgan fingerprint density at radius 2 is 2.00 bits per heavy atom. The van der Waals surface area contributed by atoms with E-state index in [4.69, 9.17) is 11.6 Å². The Bertz CT molecular complexity index is 477. The van der Waals surface area contributed by atoms with Crippen LogP contribution >= 0.6 is 11.6 Å². The lowest BCUT2D eigenvalue weighted by molar-refractivity contribution is 0.108. The fraction of sp³-hybridized carbons (Fsp3) is 0.647.